The van der Waals surface area contributed by atoms with E-state index in [-0.39, 0.29) is 16.4 Å². The van der Waals surface area contributed by atoms with E-state index in [0.29, 0.717) is 11.3 Å². The number of carbonyl (C=O) groups excluding carboxylic acids is 1. The maximum atomic E-state index is 10.6. The van der Waals surface area contributed by atoms with Gasteiger partial charge in [0.1, 0.15) is 5.75 Å². The number of rotatable bonds is 2. The van der Waals surface area contributed by atoms with Gasteiger partial charge < -0.3 is 10.2 Å². The molecule has 0 aliphatic heterocycles. The summed E-state index contributed by atoms with van der Waals surface area (Å²) in [5.74, 6) is 4.44. The molecule has 0 aliphatic rings. The minimum atomic E-state index is -1.10. The van der Waals surface area contributed by atoms with E-state index in [1.807, 2.05) is 0 Å². The fraction of sp³-hybridized carbons (Fsp3) is 0.167. The molecule has 0 amide bonds. The topological polar surface area (TPSA) is 74.6 Å². The summed E-state index contributed by atoms with van der Waals surface area (Å²) < 4.78 is 0. The normalized spacial score (nSPS) is 9.24. The van der Waals surface area contributed by atoms with Crippen molar-refractivity contribution in [2.24, 2.45) is 0 Å². The predicted molar refractivity (Wildman–Crippen MR) is 65.1 cm³/mol. The lowest BCUT2D eigenvalue weighted by molar-refractivity contribution is -0.109. The zero-order chi connectivity index (χ0) is 12.8. The molecular weight excluding hydrogens is 240 g/mol. The van der Waals surface area contributed by atoms with E-state index in [4.69, 9.17) is 5.11 Å². The highest BCUT2D eigenvalue weighted by atomic mass is 32.2. The SMILES string of the molecule is CC(=O)SCC#Cc1ccc(C(=O)O)cc1O. The van der Waals surface area contributed by atoms with Crippen molar-refractivity contribution in [2.45, 2.75) is 6.92 Å². The van der Waals surface area contributed by atoms with E-state index in [1.54, 1.807) is 0 Å². The number of carbonyl (C=O) groups is 2. The van der Waals surface area contributed by atoms with Crippen LogP contribution in [0.5, 0.6) is 5.75 Å². The molecule has 0 unspecified atom stereocenters. The number of carboxylic acids is 1. The molecule has 5 heteroatoms. The Morgan fingerprint density at radius 1 is 1.41 bits per heavy atom. The zero-order valence-electron chi connectivity index (χ0n) is 9.06. The Bertz CT molecular complexity index is 511. The Hall–Kier alpha value is -1.93. The molecule has 0 bridgehead atoms. The molecule has 0 saturated heterocycles. The number of aromatic hydroxyl groups is 1. The van der Waals surface area contributed by atoms with Gasteiger partial charge in [0, 0.05) is 6.92 Å². The summed E-state index contributed by atoms with van der Waals surface area (Å²) in [6, 6.07) is 3.94. The maximum Gasteiger partial charge on any atom is 0.335 e. The summed E-state index contributed by atoms with van der Waals surface area (Å²) in [5.41, 5.74) is 0.352. The van der Waals surface area contributed by atoms with Crippen LogP contribution in [0.2, 0.25) is 0 Å². The molecule has 17 heavy (non-hydrogen) atoms. The van der Waals surface area contributed by atoms with Gasteiger partial charge in [-0.2, -0.15) is 0 Å². The minimum Gasteiger partial charge on any atom is -0.507 e. The Balaban J connectivity index is 2.79. The second-order valence-electron chi connectivity index (χ2n) is 3.12. The van der Waals surface area contributed by atoms with E-state index in [9.17, 15) is 14.7 Å². The molecule has 1 aromatic rings. The largest absolute Gasteiger partial charge is 0.507 e. The monoisotopic (exact) mass is 250 g/mol. The molecule has 0 spiro atoms. The third-order valence-corrected chi connectivity index (χ3v) is 2.51. The Labute approximate surface area is 103 Å². The quantitative estimate of drug-likeness (QED) is 0.782. The van der Waals surface area contributed by atoms with E-state index in [0.717, 1.165) is 17.8 Å². The number of phenols is 1. The van der Waals surface area contributed by atoms with Crippen LogP contribution in [0.25, 0.3) is 0 Å². The van der Waals surface area contributed by atoms with Crippen LogP contribution in [0.1, 0.15) is 22.8 Å². The maximum absolute atomic E-state index is 10.6. The molecule has 0 fully saturated rings. The van der Waals surface area contributed by atoms with Crippen LogP contribution < -0.4 is 0 Å². The summed E-state index contributed by atoms with van der Waals surface area (Å²) in [4.78, 5) is 21.2. The number of hydrogen-bond donors (Lipinski definition) is 2. The summed E-state index contributed by atoms with van der Waals surface area (Å²) in [6.07, 6.45) is 0. The Morgan fingerprint density at radius 3 is 2.65 bits per heavy atom. The minimum absolute atomic E-state index is 0.00570. The van der Waals surface area contributed by atoms with Gasteiger partial charge in [-0.05, 0) is 18.2 Å². The van der Waals surface area contributed by atoms with Crippen molar-refractivity contribution < 1.29 is 19.8 Å². The van der Waals surface area contributed by atoms with Crippen molar-refractivity contribution in [3.05, 3.63) is 29.3 Å². The molecule has 0 saturated carbocycles. The highest BCUT2D eigenvalue weighted by molar-refractivity contribution is 8.13. The lowest BCUT2D eigenvalue weighted by atomic mass is 10.1. The number of benzene rings is 1. The smallest absolute Gasteiger partial charge is 0.335 e. The lowest BCUT2D eigenvalue weighted by Gasteiger charge is -1.98. The highest BCUT2D eigenvalue weighted by Gasteiger charge is 2.05. The second kappa shape index (κ2) is 5.97. The molecule has 0 aromatic heterocycles. The van der Waals surface area contributed by atoms with Gasteiger partial charge in [-0.15, -0.1) is 0 Å². The van der Waals surface area contributed by atoms with E-state index in [1.165, 1.54) is 19.1 Å². The number of thioether (sulfide) groups is 1. The molecule has 0 heterocycles. The average Bonchev–Trinajstić information content (AvgIpc) is 2.25. The summed E-state index contributed by atoms with van der Waals surface area (Å²) in [5, 5.41) is 18.2. The summed E-state index contributed by atoms with van der Waals surface area (Å²) in [7, 11) is 0. The molecule has 0 atom stereocenters. The highest BCUT2D eigenvalue weighted by Crippen LogP contribution is 2.17. The van der Waals surface area contributed by atoms with Crippen LogP contribution in [-0.4, -0.2) is 27.1 Å². The van der Waals surface area contributed by atoms with E-state index >= 15 is 0 Å². The van der Waals surface area contributed by atoms with Crippen molar-refractivity contribution in [3.63, 3.8) is 0 Å². The number of hydrogen-bond acceptors (Lipinski definition) is 4. The van der Waals surface area contributed by atoms with Crippen LogP contribution in [0.15, 0.2) is 18.2 Å². The predicted octanol–water partition coefficient (Wildman–Crippen LogP) is 1.72. The van der Waals surface area contributed by atoms with Gasteiger partial charge in [-0.1, -0.05) is 23.6 Å². The molecule has 1 aromatic carbocycles. The molecule has 4 nitrogen and oxygen atoms in total. The van der Waals surface area contributed by atoms with Gasteiger partial charge in [0.25, 0.3) is 0 Å². The Morgan fingerprint density at radius 2 is 2.12 bits per heavy atom. The van der Waals surface area contributed by atoms with Crippen LogP contribution in [0, 0.1) is 11.8 Å². The van der Waals surface area contributed by atoms with Crippen molar-refractivity contribution >= 4 is 22.8 Å². The summed E-state index contributed by atoms with van der Waals surface area (Å²) >= 11 is 1.08. The van der Waals surface area contributed by atoms with Gasteiger partial charge >= 0.3 is 5.97 Å². The molecule has 0 radical (unpaired) electrons. The zero-order valence-corrected chi connectivity index (χ0v) is 9.87. The van der Waals surface area contributed by atoms with E-state index < -0.39 is 5.97 Å². The van der Waals surface area contributed by atoms with E-state index in [2.05, 4.69) is 11.8 Å². The van der Waals surface area contributed by atoms with Crippen LogP contribution in [0.3, 0.4) is 0 Å². The molecule has 88 valence electrons. The first kappa shape index (κ1) is 13.1. The third kappa shape index (κ3) is 4.21. The first-order valence-electron chi connectivity index (χ1n) is 4.69. The van der Waals surface area contributed by atoms with Gasteiger partial charge in [0.15, 0.2) is 5.12 Å². The Kier molecular flexibility index (Phi) is 4.61. The fourth-order valence-electron chi connectivity index (χ4n) is 1.04. The molecule has 0 aliphatic carbocycles. The first-order chi connectivity index (χ1) is 8.00. The number of phenolic OH excluding ortho intramolecular Hbond substituents is 1. The van der Waals surface area contributed by atoms with Crippen molar-refractivity contribution in [3.8, 4) is 17.6 Å². The van der Waals surface area contributed by atoms with Crippen LogP contribution >= 0.6 is 11.8 Å². The first-order valence-corrected chi connectivity index (χ1v) is 5.68. The van der Waals surface area contributed by atoms with Crippen LogP contribution in [0.4, 0.5) is 0 Å². The molecular formula is C12H10O4S. The van der Waals surface area contributed by atoms with Crippen molar-refractivity contribution in [1.29, 1.82) is 0 Å². The van der Waals surface area contributed by atoms with Gasteiger partial charge in [-0.25, -0.2) is 4.79 Å². The molecule has 2 N–H and O–H groups in total. The molecule has 1 rings (SSSR count). The van der Waals surface area contributed by atoms with Crippen molar-refractivity contribution in [2.75, 3.05) is 5.75 Å². The fourth-order valence-corrected chi connectivity index (χ4v) is 1.39. The van der Waals surface area contributed by atoms with Crippen LogP contribution in [-0.2, 0) is 4.79 Å². The standard InChI is InChI=1S/C12H10O4S/c1-8(13)17-6-2-3-9-4-5-10(12(15)16)7-11(9)14/h4-5,7,14H,6H2,1H3,(H,15,16). The average molecular weight is 250 g/mol. The van der Waals surface area contributed by atoms with Gasteiger partial charge in [0.2, 0.25) is 0 Å². The van der Waals surface area contributed by atoms with Gasteiger partial charge in [-0.3, -0.25) is 4.79 Å². The van der Waals surface area contributed by atoms with Crippen molar-refractivity contribution in [1.82, 2.24) is 0 Å². The lowest BCUT2D eigenvalue weighted by Crippen LogP contribution is -1.95. The second-order valence-corrected chi connectivity index (χ2v) is 4.27. The third-order valence-electron chi connectivity index (χ3n) is 1.82. The van der Waals surface area contributed by atoms with Gasteiger partial charge in [0.05, 0.1) is 16.9 Å². The number of carboxylic acid groups (broad SMARTS) is 1. The summed E-state index contributed by atoms with van der Waals surface area (Å²) in [6.45, 7) is 1.45. The number of aromatic carboxylic acids is 1.